The van der Waals surface area contributed by atoms with E-state index in [1.807, 2.05) is 0 Å². The van der Waals surface area contributed by atoms with E-state index in [1.54, 1.807) is 0 Å². The molecule has 0 fully saturated rings. The molecule has 35 heavy (non-hydrogen) atoms. The zero-order valence-corrected chi connectivity index (χ0v) is 18.5. The minimum absolute atomic E-state index is 0.0487. The lowest BCUT2D eigenvalue weighted by molar-refractivity contribution is -0.230. The first-order valence-corrected chi connectivity index (χ1v) is 10.6. The van der Waals surface area contributed by atoms with Crippen molar-refractivity contribution in [1.29, 1.82) is 0 Å². The van der Waals surface area contributed by atoms with Crippen LogP contribution in [0.4, 0.5) is 26.3 Å². The summed E-state index contributed by atoms with van der Waals surface area (Å²) in [7, 11) is 0. The molecule has 0 spiro atoms. The Labute approximate surface area is 196 Å². The molecular formula is C23H26F6O6. The molecule has 2 rings (SSSR count). The molecule has 1 unspecified atom stereocenters. The van der Waals surface area contributed by atoms with E-state index in [2.05, 4.69) is 0 Å². The van der Waals surface area contributed by atoms with Gasteiger partial charge < -0.3 is 30.6 Å². The number of aliphatic hydroxyl groups excluding tert-OH is 4. The van der Waals surface area contributed by atoms with Gasteiger partial charge in [-0.15, -0.1) is 0 Å². The molecule has 0 radical (unpaired) electrons. The second kappa shape index (κ2) is 11.2. The largest absolute Gasteiger partial charge is 0.394 e. The highest BCUT2D eigenvalue weighted by molar-refractivity contribution is 5.26. The minimum Gasteiger partial charge on any atom is -0.394 e. The van der Waals surface area contributed by atoms with Crippen molar-refractivity contribution in [3.63, 3.8) is 0 Å². The Bertz CT molecular complexity index is 1040. The summed E-state index contributed by atoms with van der Waals surface area (Å²) in [6, 6.07) is 1.04. The van der Waals surface area contributed by atoms with Gasteiger partial charge in [-0.2, -0.15) is 0 Å². The molecule has 196 valence electrons. The van der Waals surface area contributed by atoms with Crippen molar-refractivity contribution in [2.75, 3.05) is 6.61 Å². The summed E-state index contributed by atoms with van der Waals surface area (Å²) in [5.41, 5.74) is -7.17. The summed E-state index contributed by atoms with van der Waals surface area (Å²) >= 11 is 0. The number of hydrogen-bond acceptors (Lipinski definition) is 6. The van der Waals surface area contributed by atoms with Crippen molar-refractivity contribution < 1.29 is 57.0 Å². The summed E-state index contributed by atoms with van der Waals surface area (Å²) in [5.74, 6) is -8.87. The van der Waals surface area contributed by atoms with Crippen molar-refractivity contribution in [2.45, 2.75) is 62.1 Å². The third kappa shape index (κ3) is 6.13. The van der Waals surface area contributed by atoms with Gasteiger partial charge >= 0.3 is 0 Å². The maximum absolute atomic E-state index is 14.3. The predicted molar refractivity (Wildman–Crippen MR) is 110 cm³/mol. The summed E-state index contributed by atoms with van der Waals surface area (Å²) in [6.07, 6.45) is -9.82. The maximum Gasteiger partial charge on any atom is 0.161 e. The van der Waals surface area contributed by atoms with Crippen LogP contribution in [-0.2, 0) is 12.8 Å². The van der Waals surface area contributed by atoms with Crippen LogP contribution in [0, 0.1) is 34.9 Å². The summed E-state index contributed by atoms with van der Waals surface area (Å²) in [6.45, 7) is 0.312. The zero-order valence-electron chi connectivity index (χ0n) is 18.5. The Hall–Kier alpha value is -2.22. The van der Waals surface area contributed by atoms with Crippen LogP contribution in [0.5, 0.6) is 0 Å². The monoisotopic (exact) mass is 512 g/mol. The molecule has 0 saturated heterocycles. The molecule has 0 aliphatic rings. The van der Waals surface area contributed by atoms with Crippen LogP contribution in [0.25, 0.3) is 0 Å². The first kappa shape index (κ1) is 29.0. The molecule has 2 aromatic rings. The van der Waals surface area contributed by atoms with Crippen LogP contribution in [0.1, 0.15) is 30.9 Å². The number of rotatable bonds is 11. The van der Waals surface area contributed by atoms with Crippen molar-refractivity contribution in [1.82, 2.24) is 0 Å². The molecule has 0 bridgehead atoms. The van der Waals surface area contributed by atoms with E-state index in [1.165, 1.54) is 6.92 Å². The first-order valence-electron chi connectivity index (χ1n) is 10.6. The van der Waals surface area contributed by atoms with Crippen molar-refractivity contribution >= 4 is 0 Å². The Morgan fingerprint density at radius 1 is 0.714 bits per heavy atom. The van der Waals surface area contributed by atoms with Crippen LogP contribution in [0.15, 0.2) is 24.3 Å². The van der Waals surface area contributed by atoms with Crippen LogP contribution >= 0.6 is 0 Å². The highest BCUT2D eigenvalue weighted by atomic mass is 19.2. The third-order valence-corrected chi connectivity index (χ3v) is 5.88. The average molecular weight is 512 g/mol. The van der Waals surface area contributed by atoms with Gasteiger partial charge in [-0.05, 0) is 29.7 Å². The van der Waals surface area contributed by atoms with Gasteiger partial charge in [0.15, 0.2) is 23.3 Å². The topological polar surface area (TPSA) is 121 Å². The fraction of sp³-hybridized carbons (Fsp3) is 0.478. The highest BCUT2D eigenvalue weighted by Crippen LogP contribution is 2.36. The van der Waals surface area contributed by atoms with Crippen LogP contribution in [-0.4, -0.2) is 66.8 Å². The molecule has 0 aliphatic carbocycles. The lowest BCUT2D eigenvalue weighted by atomic mass is 9.71. The lowest BCUT2D eigenvalue weighted by Gasteiger charge is -2.46. The molecule has 12 heteroatoms. The van der Waals surface area contributed by atoms with Crippen molar-refractivity contribution in [3.8, 4) is 0 Å². The van der Waals surface area contributed by atoms with Gasteiger partial charge in [0.25, 0.3) is 0 Å². The van der Waals surface area contributed by atoms with E-state index in [9.17, 15) is 57.0 Å². The van der Waals surface area contributed by atoms with E-state index in [0.29, 0.717) is 12.1 Å². The zero-order chi connectivity index (χ0) is 26.7. The van der Waals surface area contributed by atoms with Crippen molar-refractivity contribution in [3.05, 3.63) is 70.3 Å². The molecule has 0 saturated carbocycles. The van der Waals surface area contributed by atoms with Gasteiger partial charge in [0.05, 0.1) is 12.2 Å². The molecule has 6 N–H and O–H groups in total. The molecular weight excluding hydrogens is 486 g/mol. The average Bonchev–Trinajstić information content (AvgIpc) is 2.79. The number of aliphatic hydroxyl groups is 6. The summed E-state index contributed by atoms with van der Waals surface area (Å²) in [5, 5.41) is 63.2. The summed E-state index contributed by atoms with van der Waals surface area (Å²) < 4.78 is 82.7. The van der Waals surface area contributed by atoms with Gasteiger partial charge in [0.2, 0.25) is 0 Å². The standard InChI is InChI=1S/C23H26F6O6/c1-2-3-22(34,8-11-4-15(26)17(28)6-13(11)24)21(33)23(35,20(32)19(31)10-30)9-12-5-16(27)18(29)7-14(12)25/h4-7,19-21,30-35H,2-3,8-10H2,1H3/t19-,20+,21+,22?,23+/m0/s1. The molecule has 6 nitrogen and oxygen atoms in total. The Balaban J connectivity index is 2.61. The minimum atomic E-state index is -3.15. The second-order valence-electron chi connectivity index (χ2n) is 8.51. The number of hydrogen-bond donors (Lipinski definition) is 6. The molecule has 0 aromatic heterocycles. The second-order valence-corrected chi connectivity index (χ2v) is 8.51. The third-order valence-electron chi connectivity index (χ3n) is 5.88. The quantitative estimate of drug-likeness (QED) is 0.201. The van der Waals surface area contributed by atoms with E-state index in [0.717, 1.165) is 0 Å². The Kier molecular flexibility index (Phi) is 9.31. The van der Waals surface area contributed by atoms with Crippen LogP contribution in [0.2, 0.25) is 0 Å². The molecule has 2 aromatic carbocycles. The van der Waals surface area contributed by atoms with E-state index >= 15 is 0 Å². The maximum atomic E-state index is 14.3. The smallest absolute Gasteiger partial charge is 0.161 e. The van der Waals surface area contributed by atoms with Crippen molar-refractivity contribution in [2.24, 2.45) is 0 Å². The SMILES string of the molecule is CCCC(O)(Cc1cc(F)c(F)cc1F)[C@@H](O)[C@@](O)(Cc1cc(F)c(F)cc1F)[C@H](O)[C@@H](O)CO. The predicted octanol–water partition coefficient (Wildman–Crippen LogP) is 1.64. The normalized spacial score (nSPS) is 18.0. The lowest BCUT2D eigenvalue weighted by Crippen LogP contribution is -2.66. The molecule has 0 heterocycles. The Morgan fingerprint density at radius 2 is 1.14 bits per heavy atom. The van der Waals surface area contributed by atoms with Gasteiger partial charge in [0, 0.05) is 25.0 Å². The first-order chi connectivity index (χ1) is 16.2. The van der Waals surface area contributed by atoms with Gasteiger partial charge in [0.1, 0.15) is 35.5 Å². The molecule has 5 atom stereocenters. The van der Waals surface area contributed by atoms with Crippen LogP contribution < -0.4 is 0 Å². The summed E-state index contributed by atoms with van der Waals surface area (Å²) in [4.78, 5) is 0. The van der Waals surface area contributed by atoms with Gasteiger partial charge in [-0.25, -0.2) is 26.3 Å². The fourth-order valence-electron chi connectivity index (χ4n) is 4.05. The molecule has 0 aliphatic heterocycles. The van der Waals surface area contributed by atoms with Gasteiger partial charge in [-0.1, -0.05) is 13.3 Å². The highest BCUT2D eigenvalue weighted by Gasteiger charge is 2.54. The number of benzene rings is 2. The van der Waals surface area contributed by atoms with E-state index < -0.39 is 101 Å². The van der Waals surface area contributed by atoms with E-state index in [4.69, 9.17) is 0 Å². The number of halogens is 6. The fourth-order valence-corrected chi connectivity index (χ4v) is 4.05. The Morgan fingerprint density at radius 3 is 1.57 bits per heavy atom. The van der Waals surface area contributed by atoms with Crippen LogP contribution in [0.3, 0.4) is 0 Å². The van der Waals surface area contributed by atoms with Gasteiger partial charge in [-0.3, -0.25) is 0 Å². The van der Waals surface area contributed by atoms with E-state index in [-0.39, 0.29) is 18.6 Å². The molecule has 0 amide bonds.